The standard InChI is InChI=1S/C17H19N3O3S2/c1-10-8-13-15(25-10)16(22)20(2)17(19-13)24-9-14(21)18-11-4-6-12(23-3)7-5-11/h4-7,10H,8-9H2,1-3H3,(H,18,21). The Labute approximate surface area is 154 Å². The molecule has 0 bridgehead atoms. The average Bonchev–Trinajstić information content (AvgIpc) is 2.98. The van der Waals surface area contributed by atoms with E-state index in [2.05, 4.69) is 17.2 Å². The molecule has 0 saturated carbocycles. The number of nitrogens with zero attached hydrogens (tertiary/aromatic N) is 2. The maximum atomic E-state index is 12.4. The highest BCUT2D eigenvalue weighted by molar-refractivity contribution is 8.00. The van der Waals surface area contributed by atoms with Crippen molar-refractivity contribution in [3.05, 3.63) is 40.3 Å². The van der Waals surface area contributed by atoms with Crippen LogP contribution < -0.4 is 15.6 Å². The predicted molar refractivity (Wildman–Crippen MR) is 101 cm³/mol. The summed E-state index contributed by atoms with van der Waals surface area (Å²) in [4.78, 5) is 29.9. The lowest BCUT2D eigenvalue weighted by molar-refractivity contribution is -0.113. The molecule has 132 valence electrons. The minimum Gasteiger partial charge on any atom is -0.497 e. The molecule has 2 heterocycles. The summed E-state index contributed by atoms with van der Waals surface area (Å²) < 4.78 is 6.61. The Kier molecular flexibility index (Phi) is 5.39. The summed E-state index contributed by atoms with van der Waals surface area (Å²) in [6.07, 6.45) is 0.793. The van der Waals surface area contributed by atoms with Gasteiger partial charge in [0.15, 0.2) is 5.16 Å². The number of hydrogen-bond donors (Lipinski definition) is 1. The summed E-state index contributed by atoms with van der Waals surface area (Å²) in [5.41, 5.74) is 1.52. The molecule has 1 aromatic heterocycles. The minimum atomic E-state index is -0.146. The van der Waals surface area contributed by atoms with Crippen molar-refractivity contribution in [3.8, 4) is 5.75 Å². The second-order valence-electron chi connectivity index (χ2n) is 5.73. The van der Waals surface area contributed by atoms with Crippen LogP contribution in [0.5, 0.6) is 5.75 Å². The molecule has 1 aromatic carbocycles. The number of ether oxygens (including phenoxy) is 1. The highest BCUT2D eigenvalue weighted by atomic mass is 32.2. The number of carbonyl (C=O) groups is 1. The van der Waals surface area contributed by atoms with Gasteiger partial charge in [-0.1, -0.05) is 18.7 Å². The van der Waals surface area contributed by atoms with Crippen LogP contribution in [0, 0.1) is 0 Å². The number of nitrogens with one attached hydrogen (secondary N) is 1. The zero-order valence-corrected chi connectivity index (χ0v) is 15.9. The van der Waals surface area contributed by atoms with Crippen LogP contribution in [0.15, 0.2) is 39.1 Å². The lowest BCUT2D eigenvalue weighted by atomic mass is 10.2. The van der Waals surface area contributed by atoms with Gasteiger partial charge in [-0.05, 0) is 24.3 Å². The molecule has 1 N–H and O–H groups in total. The molecule has 1 atom stereocenters. The number of rotatable bonds is 5. The van der Waals surface area contributed by atoms with E-state index in [0.717, 1.165) is 22.8 Å². The van der Waals surface area contributed by atoms with E-state index in [1.165, 1.54) is 16.3 Å². The fourth-order valence-corrected chi connectivity index (χ4v) is 4.44. The Morgan fingerprint density at radius 2 is 2.16 bits per heavy atom. The van der Waals surface area contributed by atoms with E-state index in [0.29, 0.717) is 16.1 Å². The largest absolute Gasteiger partial charge is 0.497 e. The number of thioether (sulfide) groups is 2. The van der Waals surface area contributed by atoms with Gasteiger partial charge in [-0.25, -0.2) is 4.98 Å². The molecule has 0 spiro atoms. The van der Waals surface area contributed by atoms with Gasteiger partial charge in [-0.15, -0.1) is 11.8 Å². The average molecular weight is 377 g/mol. The molecule has 0 fully saturated rings. The summed E-state index contributed by atoms with van der Waals surface area (Å²) >= 11 is 2.84. The van der Waals surface area contributed by atoms with Crippen LogP contribution in [0.4, 0.5) is 5.69 Å². The lowest BCUT2D eigenvalue weighted by Gasteiger charge is -2.09. The fourth-order valence-electron chi connectivity index (χ4n) is 2.51. The van der Waals surface area contributed by atoms with Crippen LogP contribution in [0.3, 0.4) is 0 Å². The van der Waals surface area contributed by atoms with E-state index < -0.39 is 0 Å². The summed E-state index contributed by atoms with van der Waals surface area (Å²) in [7, 11) is 3.29. The Hall–Kier alpha value is -1.93. The predicted octanol–water partition coefficient (Wildman–Crippen LogP) is 2.56. The topological polar surface area (TPSA) is 73.2 Å². The van der Waals surface area contributed by atoms with Crippen molar-refractivity contribution in [1.82, 2.24) is 9.55 Å². The van der Waals surface area contributed by atoms with Gasteiger partial charge in [0.05, 0.1) is 23.5 Å². The third-order valence-electron chi connectivity index (χ3n) is 3.78. The SMILES string of the molecule is COc1ccc(NC(=O)CSc2nc3c(c(=O)n2C)SC(C)C3)cc1. The van der Waals surface area contributed by atoms with Crippen molar-refractivity contribution in [2.24, 2.45) is 7.05 Å². The van der Waals surface area contributed by atoms with Crippen molar-refractivity contribution in [2.45, 2.75) is 28.6 Å². The number of hydrogen-bond acceptors (Lipinski definition) is 6. The van der Waals surface area contributed by atoms with Crippen LogP contribution in [-0.2, 0) is 18.3 Å². The van der Waals surface area contributed by atoms with Crippen LogP contribution in [0.2, 0.25) is 0 Å². The van der Waals surface area contributed by atoms with E-state index >= 15 is 0 Å². The normalized spacial score (nSPS) is 15.7. The number of methoxy groups -OCH3 is 1. The second-order valence-corrected chi connectivity index (χ2v) is 8.12. The van der Waals surface area contributed by atoms with Gasteiger partial charge in [0.2, 0.25) is 5.91 Å². The Bertz CT molecular complexity index is 849. The van der Waals surface area contributed by atoms with Crippen molar-refractivity contribution in [3.63, 3.8) is 0 Å². The zero-order chi connectivity index (χ0) is 18.0. The first-order valence-electron chi connectivity index (χ1n) is 7.81. The van der Waals surface area contributed by atoms with Crippen LogP contribution >= 0.6 is 23.5 Å². The first-order chi connectivity index (χ1) is 12.0. The van der Waals surface area contributed by atoms with Gasteiger partial charge in [0, 0.05) is 24.4 Å². The van der Waals surface area contributed by atoms with Crippen molar-refractivity contribution < 1.29 is 9.53 Å². The highest BCUT2D eigenvalue weighted by Crippen LogP contribution is 2.33. The Morgan fingerprint density at radius 3 is 2.84 bits per heavy atom. The second kappa shape index (κ2) is 7.53. The lowest BCUT2D eigenvalue weighted by Crippen LogP contribution is -2.23. The Morgan fingerprint density at radius 1 is 1.44 bits per heavy atom. The molecule has 2 aromatic rings. The molecule has 0 radical (unpaired) electrons. The number of carbonyl (C=O) groups excluding carboxylic acids is 1. The molecular formula is C17H19N3O3S2. The van der Waals surface area contributed by atoms with Gasteiger partial charge in [-0.2, -0.15) is 0 Å². The molecule has 1 unspecified atom stereocenters. The minimum absolute atomic E-state index is 0.0302. The molecule has 0 saturated heterocycles. The van der Waals surface area contributed by atoms with Crippen LogP contribution in [0.1, 0.15) is 12.6 Å². The molecule has 1 aliphatic heterocycles. The number of amides is 1. The van der Waals surface area contributed by atoms with Gasteiger partial charge in [0.25, 0.3) is 5.56 Å². The molecule has 8 heteroatoms. The summed E-state index contributed by atoms with van der Waals surface area (Å²) in [6.45, 7) is 2.08. The van der Waals surface area contributed by atoms with E-state index in [4.69, 9.17) is 4.74 Å². The first-order valence-corrected chi connectivity index (χ1v) is 9.67. The van der Waals surface area contributed by atoms with E-state index in [9.17, 15) is 9.59 Å². The monoisotopic (exact) mass is 377 g/mol. The van der Waals surface area contributed by atoms with Crippen LogP contribution in [0.25, 0.3) is 0 Å². The summed E-state index contributed by atoms with van der Waals surface area (Å²) in [6, 6.07) is 7.13. The zero-order valence-electron chi connectivity index (χ0n) is 14.2. The number of benzene rings is 1. The maximum absolute atomic E-state index is 12.4. The third-order valence-corrected chi connectivity index (χ3v) is 6.03. The number of aromatic nitrogens is 2. The van der Waals surface area contributed by atoms with E-state index in [1.807, 2.05) is 0 Å². The third kappa shape index (κ3) is 4.01. The quantitative estimate of drug-likeness (QED) is 0.638. The molecule has 1 amide bonds. The molecular weight excluding hydrogens is 358 g/mol. The summed E-state index contributed by atoms with van der Waals surface area (Å²) in [5, 5.41) is 3.76. The fraction of sp³-hybridized carbons (Fsp3) is 0.353. The highest BCUT2D eigenvalue weighted by Gasteiger charge is 2.25. The van der Waals surface area contributed by atoms with Gasteiger partial charge in [0.1, 0.15) is 5.75 Å². The maximum Gasteiger partial charge on any atom is 0.267 e. The first kappa shape index (κ1) is 17.9. The number of anilines is 1. The van der Waals surface area contributed by atoms with Crippen molar-refractivity contribution in [1.29, 1.82) is 0 Å². The van der Waals surface area contributed by atoms with Crippen molar-refractivity contribution >= 4 is 35.1 Å². The van der Waals surface area contributed by atoms with Gasteiger partial charge < -0.3 is 10.1 Å². The smallest absolute Gasteiger partial charge is 0.267 e. The molecule has 3 rings (SSSR count). The van der Waals surface area contributed by atoms with E-state index in [-0.39, 0.29) is 17.2 Å². The molecule has 0 aliphatic carbocycles. The van der Waals surface area contributed by atoms with E-state index in [1.54, 1.807) is 50.2 Å². The number of fused-ring (bicyclic) bond motifs is 1. The molecule has 6 nitrogen and oxygen atoms in total. The molecule has 1 aliphatic rings. The van der Waals surface area contributed by atoms with Gasteiger partial charge >= 0.3 is 0 Å². The van der Waals surface area contributed by atoms with Gasteiger partial charge in [-0.3, -0.25) is 14.2 Å². The Balaban J connectivity index is 1.65. The van der Waals surface area contributed by atoms with Crippen molar-refractivity contribution in [2.75, 3.05) is 18.2 Å². The van der Waals surface area contributed by atoms with Crippen LogP contribution in [-0.4, -0.2) is 33.6 Å². The summed E-state index contributed by atoms with van der Waals surface area (Å²) in [5.74, 6) is 0.776. The molecule has 25 heavy (non-hydrogen) atoms.